The van der Waals surface area contributed by atoms with Crippen LogP contribution in [0.5, 0.6) is 5.75 Å². The standard InChI is InChI=1S/C16H18ClNO2/c1-8-11-6-12(17)13(7-14(11)20-16(8)19)18-15(9-2-3-9)10-4-5-10/h6-10,15,18H,2-5H2,1H3. The van der Waals surface area contributed by atoms with Crippen LogP contribution in [-0.2, 0) is 4.79 Å². The van der Waals surface area contributed by atoms with E-state index in [1.807, 2.05) is 19.1 Å². The lowest BCUT2D eigenvalue weighted by Gasteiger charge is -2.20. The highest BCUT2D eigenvalue weighted by atomic mass is 35.5. The van der Waals surface area contributed by atoms with Crippen molar-refractivity contribution >= 4 is 23.3 Å². The summed E-state index contributed by atoms with van der Waals surface area (Å²) in [6, 6.07) is 4.32. The van der Waals surface area contributed by atoms with Gasteiger partial charge in [0.15, 0.2) is 0 Å². The molecule has 0 spiro atoms. The number of halogens is 1. The van der Waals surface area contributed by atoms with Gasteiger partial charge in [0, 0.05) is 17.7 Å². The topological polar surface area (TPSA) is 38.3 Å². The predicted octanol–water partition coefficient (Wildman–Crippen LogP) is 3.96. The van der Waals surface area contributed by atoms with E-state index in [1.54, 1.807) is 0 Å². The number of carbonyl (C=O) groups excluding carboxylic acids is 1. The van der Waals surface area contributed by atoms with Gasteiger partial charge in [-0.25, -0.2) is 0 Å². The number of rotatable bonds is 4. The Kier molecular flexibility index (Phi) is 2.75. The van der Waals surface area contributed by atoms with Crippen molar-refractivity contribution in [2.24, 2.45) is 11.8 Å². The lowest BCUT2D eigenvalue weighted by atomic mass is 10.0. The average molecular weight is 292 g/mol. The highest BCUT2D eigenvalue weighted by Gasteiger charge is 2.42. The minimum Gasteiger partial charge on any atom is -0.426 e. The van der Waals surface area contributed by atoms with E-state index in [2.05, 4.69) is 5.32 Å². The Morgan fingerprint density at radius 2 is 1.90 bits per heavy atom. The highest BCUT2D eigenvalue weighted by molar-refractivity contribution is 6.33. The summed E-state index contributed by atoms with van der Waals surface area (Å²) in [7, 11) is 0. The Hall–Kier alpha value is -1.22. The molecule has 1 atom stereocenters. The second kappa shape index (κ2) is 4.39. The van der Waals surface area contributed by atoms with E-state index in [4.69, 9.17) is 16.3 Å². The molecule has 0 bridgehead atoms. The third-order valence-electron chi connectivity index (χ3n) is 4.71. The van der Waals surface area contributed by atoms with Crippen molar-refractivity contribution in [3.63, 3.8) is 0 Å². The van der Waals surface area contributed by atoms with Crippen molar-refractivity contribution in [2.45, 2.75) is 44.6 Å². The van der Waals surface area contributed by atoms with Crippen molar-refractivity contribution in [1.29, 1.82) is 0 Å². The smallest absolute Gasteiger partial charge is 0.318 e. The Balaban J connectivity index is 1.62. The van der Waals surface area contributed by atoms with Crippen LogP contribution in [0.2, 0.25) is 5.02 Å². The first-order valence-corrected chi connectivity index (χ1v) is 7.83. The highest BCUT2D eigenvalue weighted by Crippen LogP contribution is 2.47. The van der Waals surface area contributed by atoms with Crippen LogP contribution in [0.4, 0.5) is 5.69 Å². The van der Waals surface area contributed by atoms with Crippen LogP contribution in [0.3, 0.4) is 0 Å². The van der Waals surface area contributed by atoms with E-state index in [-0.39, 0.29) is 11.9 Å². The van der Waals surface area contributed by atoms with E-state index in [1.165, 1.54) is 25.7 Å². The molecular formula is C16H18ClNO2. The number of esters is 1. The molecule has 3 aliphatic rings. The first-order chi connectivity index (χ1) is 9.63. The lowest BCUT2D eigenvalue weighted by Crippen LogP contribution is -2.24. The Bertz CT molecular complexity index is 566. The van der Waals surface area contributed by atoms with Crippen LogP contribution in [0.25, 0.3) is 0 Å². The molecule has 0 amide bonds. The van der Waals surface area contributed by atoms with E-state index in [9.17, 15) is 4.79 Å². The summed E-state index contributed by atoms with van der Waals surface area (Å²) in [5.74, 6) is 1.87. The van der Waals surface area contributed by atoms with Gasteiger partial charge in [0.25, 0.3) is 0 Å². The summed E-state index contributed by atoms with van der Waals surface area (Å²) < 4.78 is 5.31. The summed E-state index contributed by atoms with van der Waals surface area (Å²) in [5.41, 5.74) is 1.82. The van der Waals surface area contributed by atoms with Gasteiger partial charge >= 0.3 is 5.97 Å². The molecule has 1 N–H and O–H groups in total. The molecule has 4 heteroatoms. The summed E-state index contributed by atoms with van der Waals surface area (Å²) in [4.78, 5) is 11.6. The van der Waals surface area contributed by atoms with Crippen molar-refractivity contribution in [1.82, 2.24) is 0 Å². The maximum atomic E-state index is 11.6. The summed E-state index contributed by atoms with van der Waals surface area (Å²) in [5, 5.41) is 4.30. The fourth-order valence-corrected chi connectivity index (χ4v) is 3.37. The van der Waals surface area contributed by atoms with Gasteiger partial charge in [-0.1, -0.05) is 11.6 Å². The van der Waals surface area contributed by atoms with Gasteiger partial charge in [-0.15, -0.1) is 0 Å². The van der Waals surface area contributed by atoms with Gasteiger partial charge in [-0.2, -0.15) is 0 Å². The van der Waals surface area contributed by atoms with Crippen LogP contribution in [0.1, 0.15) is 44.1 Å². The third kappa shape index (κ3) is 2.08. The van der Waals surface area contributed by atoms with Gasteiger partial charge in [0.2, 0.25) is 0 Å². The first kappa shape index (κ1) is 12.5. The van der Waals surface area contributed by atoms with Crippen LogP contribution in [0.15, 0.2) is 12.1 Å². The molecule has 0 aromatic heterocycles. The number of carbonyl (C=O) groups is 1. The lowest BCUT2D eigenvalue weighted by molar-refractivity contribution is -0.133. The van der Waals surface area contributed by atoms with Gasteiger partial charge in [-0.05, 0) is 50.5 Å². The fraction of sp³-hybridized carbons (Fsp3) is 0.562. The van der Waals surface area contributed by atoms with Crippen molar-refractivity contribution in [2.75, 3.05) is 5.32 Å². The number of hydrogen-bond donors (Lipinski definition) is 1. The molecule has 2 aliphatic carbocycles. The average Bonchev–Trinajstić information content (AvgIpc) is 3.30. The molecule has 1 heterocycles. The number of ether oxygens (including phenoxy) is 1. The monoisotopic (exact) mass is 291 g/mol. The summed E-state index contributed by atoms with van der Waals surface area (Å²) in [6.45, 7) is 1.86. The quantitative estimate of drug-likeness (QED) is 0.674. The first-order valence-electron chi connectivity index (χ1n) is 7.45. The second-order valence-corrected chi connectivity index (χ2v) is 6.76. The van der Waals surface area contributed by atoms with Crippen molar-refractivity contribution in [3.8, 4) is 5.75 Å². The molecule has 2 saturated carbocycles. The van der Waals surface area contributed by atoms with Crippen LogP contribution < -0.4 is 10.1 Å². The van der Waals surface area contributed by atoms with E-state index in [0.29, 0.717) is 16.8 Å². The molecule has 4 rings (SSSR count). The number of anilines is 1. The van der Waals surface area contributed by atoms with Crippen molar-refractivity contribution < 1.29 is 9.53 Å². The number of fused-ring (bicyclic) bond motifs is 1. The van der Waals surface area contributed by atoms with Crippen LogP contribution in [0, 0.1) is 11.8 Å². The molecule has 0 radical (unpaired) electrons. The minimum absolute atomic E-state index is 0.186. The normalized spacial score (nSPS) is 24.8. The molecule has 2 fully saturated rings. The Morgan fingerprint density at radius 3 is 2.50 bits per heavy atom. The summed E-state index contributed by atoms with van der Waals surface area (Å²) >= 11 is 6.39. The van der Waals surface area contributed by atoms with Crippen molar-refractivity contribution in [3.05, 3.63) is 22.7 Å². The van der Waals surface area contributed by atoms with Gasteiger partial charge in [0.05, 0.1) is 16.6 Å². The SMILES string of the molecule is CC1C(=O)Oc2cc(NC(C3CC3)C3CC3)c(Cl)cc21. The number of nitrogens with one attached hydrogen (secondary N) is 1. The predicted molar refractivity (Wildman–Crippen MR) is 78.4 cm³/mol. The van der Waals surface area contributed by atoms with Gasteiger partial charge in [0.1, 0.15) is 5.75 Å². The van der Waals surface area contributed by atoms with Crippen LogP contribution >= 0.6 is 11.6 Å². The van der Waals surface area contributed by atoms with E-state index < -0.39 is 0 Å². The molecule has 1 aromatic rings. The molecule has 20 heavy (non-hydrogen) atoms. The molecule has 3 nitrogen and oxygen atoms in total. The Morgan fingerprint density at radius 1 is 1.25 bits per heavy atom. The van der Waals surface area contributed by atoms with Gasteiger partial charge < -0.3 is 10.1 Å². The zero-order valence-corrected chi connectivity index (χ0v) is 12.2. The molecule has 106 valence electrons. The van der Waals surface area contributed by atoms with Crippen LogP contribution in [-0.4, -0.2) is 12.0 Å². The van der Waals surface area contributed by atoms with E-state index in [0.717, 1.165) is 23.1 Å². The molecule has 1 unspecified atom stereocenters. The second-order valence-electron chi connectivity index (χ2n) is 6.36. The van der Waals surface area contributed by atoms with E-state index >= 15 is 0 Å². The maximum Gasteiger partial charge on any atom is 0.318 e. The largest absolute Gasteiger partial charge is 0.426 e. The fourth-order valence-electron chi connectivity index (χ4n) is 3.14. The zero-order valence-electron chi connectivity index (χ0n) is 11.5. The van der Waals surface area contributed by atoms with Gasteiger partial charge in [-0.3, -0.25) is 4.79 Å². The molecular weight excluding hydrogens is 274 g/mol. The minimum atomic E-state index is -0.209. The number of hydrogen-bond acceptors (Lipinski definition) is 3. The third-order valence-corrected chi connectivity index (χ3v) is 5.02. The molecule has 0 saturated heterocycles. The Labute approximate surface area is 123 Å². The molecule has 1 aliphatic heterocycles. The molecule has 1 aromatic carbocycles. The zero-order chi connectivity index (χ0) is 13.9. The maximum absolute atomic E-state index is 11.6. The summed E-state index contributed by atoms with van der Waals surface area (Å²) in [6.07, 6.45) is 5.29. The number of benzene rings is 1.